The Hall–Kier alpha value is -0.610. The molecule has 1 saturated heterocycles. The number of likely N-dealkylation sites (tertiary alicyclic amines) is 1. The van der Waals surface area contributed by atoms with Crippen molar-refractivity contribution in [1.29, 1.82) is 0 Å². The number of hydrogen-bond acceptors (Lipinski definition) is 3. The molecule has 4 heteroatoms. The van der Waals surface area contributed by atoms with E-state index < -0.39 is 0 Å². The highest BCUT2D eigenvalue weighted by Gasteiger charge is 2.16. The number of carbonyl (C=O) groups is 1. The van der Waals surface area contributed by atoms with Crippen LogP contribution in [0.5, 0.6) is 0 Å². The highest BCUT2D eigenvalue weighted by atomic mass is 16.1. The second-order valence-electron chi connectivity index (χ2n) is 6.38. The molecule has 1 heterocycles. The van der Waals surface area contributed by atoms with Gasteiger partial charge in [-0.1, -0.05) is 27.2 Å². The fourth-order valence-corrected chi connectivity index (χ4v) is 2.46. The van der Waals surface area contributed by atoms with E-state index in [4.69, 9.17) is 5.73 Å². The molecule has 1 fully saturated rings. The number of amides is 1. The minimum atomic E-state index is -0.0302. The van der Waals surface area contributed by atoms with E-state index >= 15 is 0 Å². The summed E-state index contributed by atoms with van der Waals surface area (Å²) in [5.74, 6) is 0.959. The Bertz CT molecular complexity index is 262. The topological polar surface area (TPSA) is 58.4 Å². The highest BCUT2D eigenvalue weighted by Crippen LogP contribution is 2.10. The van der Waals surface area contributed by atoms with Crippen LogP contribution in [0.3, 0.4) is 0 Å². The molecule has 4 nitrogen and oxygen atoms in total. The highest BCUT2D eigenvalue weighted by molar-refractivity contribution is 5.76. The lowest BCUT2D eigenvalue weighted by atomic mass is 10.0. The van der Waals surface area contributed by atoms with Crippen LogP contribution in [0.1, 0.15) is 46.5 Å². The van der Waals surface area contributed by atoms with E-state index in [0.29, 0.717) is 18.3 Å². The summed E-state index contributed by atoms with van der Waals surface area (Å²) in [5.41, 5.74) is 5.90. The molecule has 0 spiro atoms. The zero-order chi connectivity index (χ0) is 14.3. The first-order valence-electron chi connectivity index (χ1n) is 7.73. The van der Waals surface area contributed by atoms with Gasteiger partial charge in [0.1, 0.15) is 0 Å². The summed E-state index contributed by atoms with van der Waals surface area (Å²) >= 11 is 0. The smallest absolute Gasteiger partial charge is 0.221 e. The van der Waals surface area contributed by atoms with E-state index in [0.717, 1.165) is 13.1 Å². The van der Waals surface area contributed by atoms with Gasteiger partial charge in [-0.3, -0.25) is 4.79 Å². The number of nitrogens with zero attached hydrogens (tertiary/aromatic N) is 1. The Morgan fingerprint density at radius 3 is 2.42 bits per heavy atom. The van der Waals surface area contributed by atoms with Gasteiger partial charge in [0.05, 0.1) is 0 Å². The van der Waals surface area contributed by atoms with E-state index in [1.165, 1.54) is 32.4 Å². The lowest BCUT2D eigenvalue weighted by Crippen LogP contribution is -2.40. The van der Waals surface area contributed by atoms with Crippen LogP contribution in [-0.2, 0) is 4.79 Å². The van der Waals surface area contributed by atoms with E-state index in [2.05, 4.69) is 31.0 Å². The first-order valence-corrected chi connectivity index (χ1v) is 7.73. The second-order valence-corrected chi connectivity index (χ2v) is 6.38. The molecule has 0 saturated carbocycles. The molecule has 1 aliphatic rings. The summed E-state index contributed by atoms with van der Waals surface area (Å²) in [5, 5.41) is 3.01. The third-order valence-electron chi connectivity index (χ3n) is 3.94. The zero-order valence-corrected chi connectivity index (χ0v) is 12.8. The molecule has 0 aromatic carbocycles. The average molecular weight is 269 g/mol. The van der Waals surface area contributed by atoms with Gasteiger partial charge in [-0.2, -0.15) is 0 Å². The van der Waals surface area contributed by atoms with Crippen LogP contribution < -0.4 is 11.1 Å². The van der Waals surface area contributed by atoms with Crippen LogP contribution in [0.4, 0.5) is 0 Å². The summed E-state index contributed by atoms with van der Waals surface area (Å²) in [7, 11) is 0. The number of carbonyl (C=O) groups excluding carboxylic acids is 1. The largest absolute Gasteiger partial charge is 0.356 e. The van der Waals surface area contributed by atoms with Gasteiger partial charge in [0.15, 0.2) is 0 Å². The average Bonchev–Trinajstić information content (AvgIpc) is 2.37. The van der Waals surface area contributed by atoms with Crippen LogP contribution in [0.2, 0.25) is 0 Å². The molecular weight excluding hydrogens is 238 g/mol. The quantitative estimate of drug-likeness (QED) is 0.738. The van der Waals surface area contributed by atoms with Crippen LogP contribution in [0.15, 0.2) is 0 Å². The van der Waals surface area contributed by atoms with Gasteiger partial charge in [-0.15, -0.1) is 0 Å². The van der Waals surface area contributed by atoms with E-state index in [1.54, 1.807) is 0 Å². The fraction of sp³-hybridized carbons (Fsp3) is 0.933. The first kappa shape index (κ1) is 16.4. The van der Waals surface area contributed by atoms with Gasteiger partial charge < -0.3 is 16.0 Å². The number of nitrogens with one attached hydrogen (secondary N) is 1. The molecule has 0 aliphatic carbocycles. The molecule has 0 aromatic heterocycles. The maximum Gasteiger partial charge on any atom is 0.221 e. The predicted octanol–water partition coefficient (Wildman–Crippen LogP) is 1.60. The third kappa shape index (κ3) is 6.92. The summed E-state index contributed by atoms with van der Waals surface area (Å²) in [6.07, 6.45) is 4.45. The van der Waals surface area contributed by atoms with Gasteiger partial charge in [0.25, 0.3) is 0 Å². The summed E-state index contributed by atoms with van der Waals surface area (Å²) < 4.78 is 0. The summed E-state index contributed by atoms with van der Waals surface area (Å²) in [6.45, 7) is 10.6. The SMILES string of the molecule is CC(CNC(=O)CC(N)C(C)C)CN1CCCCC1. The monoisotopic (exact) mass is 269 g/mol. The maximum atomic E-state index is 11.7. The zero-order valence-electron chi connectivity index (χ0n) is 12.8. The van der Waals surface area contributed by atoms with Crippen LogP contribution in [0, 0.1) is 11.8 Å². The lowest BCUT2D eigenvalue weighted by Gasteiger charge is -2.29. The van der Waals surface area contributed by atoms with Gasteiger partial charge >= 0.3 is 0 Å². The molecule has 3 N–H and O–H groups in total. The Labute approximate surface area is 118 Å². The fourth-order valence-electron chi connectivity index (χ4n) is 2.46. The third-order valence-corrected chi connectivity index (χ3v) is 3.94. The normalized spacial score (nSPS) is 20.3. The maximum absolute atomic E-state index is 11.7. The van der Waals surface area contributed by atoms with Crippen LogP contribution >= 0.6 is 0 Å². The van der Waals surface area contributed by atoms with Crippen molar-refractivity contribution in [3.05, 3.63) is 0 Å². The molecule has 2 atom stereocenters. The van der Waals surface area contributed by atoms with Crippen molar-refractivity contribution in [3.8, 4) is 0 Å². The van der Waals surface area contributed by atoms with Crippen molar-refractivity contribution in [1.82, 2.24) is 10.2 Å². The standard InChI is InChI=1S/C15H31N3O/c1-12(2)14(16)9-15(19)17-10-13(3)11-18-7-5-4-6-8-18/h12-14H,4-11,16H2,1-3H3,(H,17,19). The minimum absolute atomic E-state index is 0.0302. The van der Waals surface area contributed by atoms with Crippen molar-refractivity contribution in [2.45, 2.75) is 52.5 Å². The minimum Gasteiger partial charge on any atom is -0.356 e. The molecule has 0 bridgehead atoms. The van der Waals surface area contributed by atoms with E-state index in [-0.39, 0.29) is 11.9 Å². The number of nitrogens with two attached hydrogens (primary N) is 1. The molecule has 1 amide bonds. The van der Waals surface area contributed by atoms with Crippen LogP contribution in [-0.4, -0.2) is 43.0 Å². The predicted molar refractivity (Wildman–Crippen MR) is 79.9 cm³/mol. The molecule has 112 valence electrons. The number of piperidine rings is 1. The molecule has 2 unspecified atom stereocenters. The molecular formula is C15H31N3O. The Morgan fingerprint density at radius 2 is 1.84 bits per heavy atom. The van der Waals surface area contributed by atoms with E-state index in [9.17, 15) is 4.79 Å². The molecule has 0 radical (unpaired) electrons. The molecule has 1 rings (SSSR count). The van der Waals surface area contributed by atoms with Gasteiger partial charge in [0.2, 0.25) is 5.91 Å². The van der Waals surface area contributed by atoms with Crippen molar-refractivity contribution < 1.29 is 4.79 Å². The number of rotatable bonds is 7. The first-order chi connectivity index (χ1) is 8.99. The molecule has 19 heavy (non-hydrogen) atoms. The van der Waals surface area contributed by atoms with Gasteiger partial charge in [-0.05, 0) is 37.8 Å². The molecule has 1 aliphatic heterocycles. The van der Waals surface area contributed by atoms with Crippen molar-refractivity contribution in [3.63, 3.8) is 0 Å². The second kappa shape index (κ2) is 8.54. The number of hydrogen-bond donors (Lipinski definition) is 2. The van der Waals surface area contributed by atoms with Crippen molar-refractivity contribution in [2.75, 3.05) is 26.2 Å². The van der Waals surface area contributed by atoms with E-state index in [1.807, 2.05) is 0 Å². The van der Waals surface area contributed by atoms with Crippen LogP contribution in [0.25, 0.3) is 0 Å². The lowest BCUT2D eigenvalue weighted by molar-refractivity contribution is -0.121. The van der Waals surface area contributed by atoms with Crippen molar-refractivity contribution in [2.24, 2.45) is 17.6 Å². The summed E-state index contributed by atoms with van der Waals surface area (Å²) in [6, 6.07) is -0.0302. The Balaban J connectivity index is 2.14. The summed E-state index contributed by atoms with van der Waals surface area (Å²) in [4.78, 5) is 14.3. The Kier molecular flexibility index (Phi) is 7.39. The van der Waals surface area contributed by atoms with Crippen molar-refractivity contribution >= 4 is 5.91 Å². The van der Waals surface area contributed by atoms with Gasteiger partial charge in [0, 0.05) is 25.6 Å². The van der Waals surface area contributed by atoms with Gasteiger partial charge in [-0.25, -0.2) is 0 Å². The molecule has 0 aromatic rings. The Morgan fingerprint density at radius 1 is 1.21 bits per heavy atom.